The summed E-state index contributed by atoms with van der Waals surface area (Å²) >= 11 is 10.7. The molecule has 0 saturated heterocycles. The van der Waals surface area contributed by atoms with Crippen molar-refractivity contribution < 1.29 is 18.3 Å². The lowest BCUT2D eigenvalue weighted by molar-refractivity contribution is 0.107. The average Bonchev–Trinajstić information content (AvgIpc) is 2.15. The fraction of sp³-hybridized carbons (Fsp3) is 0.250. The molecule has 0 aromatic carbocycles. The Kier molecular flexibility index (Phi) is 3.82. The van der Waals surface area contributed by atoms with Crippen molar-refractivity contribution in [1.29, 1.82) is 0 Å². The normalized spacial score (nSPS) is 10.5. The smallest absolute Gasteiger partial charge is 0.268 e. The van der Waals surface area contributed by atoms with Gasteiger partial charge in [0, 0.05) is 6.20 Å². The molecular formula is C8H5Cl2F2NO2. The number of hydrogen-bond donors (Lipinski definition) is 0. The Bertz CT molecular complexity index is 398. The Morgan fingerprint density at radius 2 is 2.20 bits per heavy atom. The Morgan fingerprint density at radius 3 is 2.60 bits per heavy atom. The van der Waals surface area contributed by atoms with E-state index in [4.69, 9.17) is 23.2 Å². The van der Waals surface area contributed by atoms with Gasteiger partial charge in [0.05, 0.1) is 12.7 Å². The molecule has 0 amide bonds. The molecule has 0 aliphatic rings. The Morgan fingerprint density at radius 1 is 1.60 bits per heavy atom. The number of pyridine rings is 1. The van der Waals surface area contributed by atoms with E-state index >= 15 is 0 Å². The molecule has 1 aromatic heterocycles. The van der Waals surface area contributed by atoms with Gasteiger partial charge in [-0.3, -0.25) is 4.79 Å². The molecule has 7 heteroatoms. The van der Waals surface area contributed by atoms with Crippen LogP contribution in [0.15, 0.2) is 6.20 Å². The van der Waals surface area contributed by atoms with Gasteiger partial charge in [-0.15, -0.1) is 0 Å². The van der Waals surface area contributed by atoms with Gasteiger partial charge in [-0.05, 0) is 11.6 Å². The number of hydrogen-bond acceptors (Lipinski definition) is 3. The standard InChI is InChI=1S/C8H5Cl2F2NO2/c1-15-5-3(8(11)12)2-13-6(9)4(5)7(10)14/h2,8H,1H3. The Balaban J connectivity index is 3.47. The predicted molar refractivity (Wildman–Crippen MR) is 50.9 cm³/mol. The maximum atomic E-state index is 12.5. The Labute approximate surface area is 94.0 Å². The van der Waals surface area contributed by atoms with Crippen molar-refractivity contribution in [2.75, 3.05) is 7.11 Å². The minimum atomic E-state index is -2.82. The number of ether oxygens (including phenoxy) is 1. The third-order valence-corrected chi connectivity index (χ3v) is 2.12. The quantitative estimate of drug-likeness (QED) is 0.616. The van der Waals surface area contributed by atoms with Crippen LogP contribution < -0.4 is 4.74 Å². The fourth-order valence-corrected chi connectivity index (χ4v) is 1.48. The van der Waals surface area contributed by atoms with Crippen molar-refractivity contribution >= 4 is 28.4 Å². The maximum absolute atomic E-state index is 12.5. The van der Waals surface area contributed by atoms with E-state index in [0.29, 0.717) is 0 Å². The van der Waals surface area contributed by atoms with E-state index in [1.165, 1.54) is 0 Å². The van der Waals surface area contributed by atoms with Crippen molar-refractivity contribution in [3.8, 4) is 5.75 Å². The fourth-order valence-electron chi connectivity index (χ4n) is 1.03. The van der Waals surface area contributed by atoms with Crippen LogP contribution in [0.4, 0.5) is 8.78 Å². The SMILES string of the molecule is COc1c(C(F)F)cnc(Cl)c1C(=O)Cl. The van der Waals surface area contributed by atoms with Crippen LogP contribution >= 0.6 is 23.2 Å². The molecule has 82 valence electrons. The summed E-state index contributed by atoms with van der Waals surface area (Å²) in [7, 11) is 1.14. The number of carbonyl (C=O) groups excluding carboxylic acids is 1. The molecule has 0 radical (unpaired) electrons. The molecule has 0 fully saturated rings. The van der Waals surface area contributed by atoms with Crippen LogP contribution in [0, 0.1) is 0 Å². The van der Waals surface area contributed by atoms with Crippen LogP contribution in [0.1, 0.15) is 22.3 Å². The van der Waals surface area contributed by atoms with Gasteiger partial charge >= 0.3 is 0 Å². The lowest BCUT2D eigenvalue weighted by atomic mass is 10.2. The summed E-state index contributed by atoms with van der Waals surface area (Å²) in [6, 6.07) is 0. The van der Waals surface area contributed by atoms with E-state index in [1.54, 1.807) is 0 Å². The summed E-state index contributed by atoms with van der Waals surface area (Å²) < 4.78 is 29.6. The molecule has 0 aliphatic carbocycles. The van der Waals surface area contributed by atoms with Crippen molar-refractivity contribution in [2.24, 2.45) is 0 Å². The largest absolute Gasteiger partial charge is 0.495 e. The summed E-state index contributed by atoms with van der Waals surface area (Å²) in [6.45, 7) is 0. The van der Waals surface area contributed by atoms with Crippen LogP contribution in [0.25, 0.3) is 0 Å². The molecule has 1 heterocycles. The second-order valence-electron chi connectivity index (χ2n) is 2.49. The van der Waals surface area contributed by atoms with E-state index in [2.05, 4.69) is 9.72 Å². The average molecular weight is 256 g/mol. The molecule has 0 saturated carbocycles. The molecule has 0 spiro atoms. The van der Waals surface area contributed by atoms with Gasteiger partial charge in [0.1, 0.15) is 16.5 Å². The first kappa shape index (κ1) is 12.1. The topological polar surface area (TPSA) is 39.2 Å². The first-order valence-corrected chi connectivity index (χ1v) is 4.45. The highest BCUT2D eigenvalue weighted by Crippen LogP contribution is 2.35. The molecule has 1 aromatic rings. The minimum absolute atomic E-state index is 0.267. The van der Waals surface area contributed by atoms with Crippen molar-refractivity contribution in [1.82, 2.24) is 4.98 Å². The van der Waals surface area contributed by atoms with Gasteiger partial charge in [-0.2, -0.15) is 0 Å². The number of halogens is 4. The second kappa shape index (κ2) is 4.72. The van der Waals surface area contributed by atoms with Crippen molar-refractivity contribution in [3.05, 3.63) is 22.5 Å². The first-order chi connectivity index (χ1) is 6.99. The zero-order chi connectivity index (χ0) is 11.6. The first-order valence-electron chi connectivity index (χ1n) is 3.69. The van der Waals surface area contributed by atoms with Gasteiger partial charge in [-0.25, -0.2) is 13.8 Å². The van der Waals surface area contributed by atoms with Crippen LogP contribution in [0.2, 0.25) is 5.15 Å². The van der Waals surface area contributed by atoms with Gasteiger partial charge in [0.25, 0.3) is 11.7 Å². The molecular weight excluding hydrogens is 251 g/mol. The van der Waals surface area contributed by atoms with Gasteiger partial charge in [0.15, 0.2) is 0 Å². The van der Waals surface area contributed by atoms with E-state index in [-0.39, 0.29) is 16.5 Å². The zero-order valence-electron chi connectivity index (χ0n) is 7.43. The van der Waals surface area contributed by atoms with E-state index in [0.717, 1.165) is 13.3 Å². The zero-order valence-corrected chi connectivity index (χ0v) is 8.94. The third kappa shape index (κ3) is 2.35. The van der Waals surface area contributed by atoms with Crippen molar-refractivity contribution in [2.45, 2.75) is 6.43 Å². The third-order valence-electron chi connectivity index (χ3n) is 1.65. The van der Waals surface area contributed by atoms with Gasteiger partial charge in [-0.1, -0.05) is 11.6 Å². The highest BCUT2D eigenvalue weighted by molar-refractivity contribution is 6.69. The highest BCUT2D eigenvalue weighted by atomic mass is 35.5. The molecule has 0 N–H and O–H groups in total. The number of aromatic nitrogens is 1. The van der Waals surface area contributed by atoms with E-state index in [9.17, 15) is 13.6 Å². The molecule has 0 aliphatic heterocycles. The monoisotopic (exact) mass is 255 g/mol. The molecule has 0 bridgehead atoms. The number of methoxy groups -OCH3 is 1. The second-order valence-corrected chi connectivity index (χ2v) is 3.19. The van der Waals surface area contributed by atoms with Crippen LogP contribution in [-0.2, 0) is 0 Å². The molecule has 0 unspecified atom stereocenters. The summed E-state index contributed by atoms with van der Waals surface area (Å²) in [6.07, 6.45) is -1.98. The molecule has 3 nitrogen and oxygen atoms in total. The van der Waals surface area contributed by atoms with E-state index < -0.39 is 17.2 Å². The number of carbonyl (C=O) groups is 1. The number of rotatable bonds is 3. The summed E-state index contributed by atoms with van der Waals surface area (Å²) in [4.78, 5) is 14.4. The molecule has 15 heavy (non-hydrogen) atoms. The number of nitrogens with zero attached hydrogens (tertiary/aromatic N) is 1. The highest BCUT2D eigenvalue weighted by Gasteiger charge is 2.24. The predicted octanol–water partition coefficient (Wildman–Crippen LogP) is 3.06. The van der Waals surface area contributed by atoms with Crippen LogP contribution in [0.3, 0.4) is 0 Å². The lowest BCUT2D eigenvalue weighted by Gasteiger charge is -2.10. The molecule has 0 atom stereocenters. The van der Waals surface area contributed by atoms with Gasteiger partial charge in [0.2, 0.25) is 0 Å². The molecule has 1 rings (SSSR count). The lowest BCUT2D eigenvalue weighted by Crippen LogP contribution is -2.03. The number of alkyl halides is 2. The minimum Gasteiger partial charge on any atom is -0.495 e. The van der Waals surface area contributed by atoms with Gasteiger partial charge < -0.3 is 4.74 Å². The van der Waals surface area contributed by atoms with Crippen molar-refractivity contribution in [3.63, 3.8) is 0 Å². The van der Waals surface area contributed by atoms with E-state index in [1.807, 2.05) is 0 Å². The Hall–Kier alpha value is -0.940. The van der Waals surface area contributed by atoms with Crippen LogP contribution in [0.5, 0.6) is 5.75 Å². The summed E-state index contributed by atoms with van der Waals surface area (Å²) in [5, 5.41) is -1.26. The van der Waals surface area contributed by atoms with Crippen LogP contribution in [-0.4, -0.2) is 17.3 Å². The summed E-state index contributed by atoms with van der Waals surface area (Å²) in [5.74, 6) is -0.343. The maximum Gasteiger partial charge on any atom is 0.268 e. The summed E-state index contributed by atoms with van der Waals surface area (Å²) in [5.41, 5.74) is -0.871.